The highest BCUT2D eigenvalue weighted by Gasteiger charge is 2.28. The van der Waals surface area contributed by atoms with E-state index in [1.54, 1.807) is 22.2 Å². The Bertz CT molecular complexity index is 1380. The maximum Gasteiger partial charge on any atom is 0.278 e. The van der Waals surface area contributed by atoms with E-state index < -0.39 is 0 Å². The van der Waals surface area contributed by atoms with E-state index >= 15 is 0 Å². The van der Waals surface area contributed by atoms with Gasteiger partial charge in [-0.2, -0.15) is 4.98 Å². The Labute approximate surface area is 189 Å². The van der Waals surface area contributed by atoms with E-state index in [0.29, 0.717) is 22.9 Å². The molecule has 9 heteroatoms. The highest BCUT2D eigenvalue weighted by Crippen LogP contribution is 2.42. The highest BCUT2D eigenvalue weighted by atomic mass is 32.1. The molecule has 0 saturated heterocycles. The number of hydrogen-bond donors (Lipinski definition) is 2. The van der Waals surface area contributed by atoms with Gasteiger partial charge in [-0.05, 0) is 62.9 Å². The molecule has 1 aliphatic carbocycles. The van der Waals surface area contributed by atoms with Crippen LogP contribution < -0.4 is 16.2 Å². The van der Waals surface area contributed by atoms with Gasteiger partial charge in [0.15, 0.2) is 11.5 Å². The summed E-state index contributed by atoms with van der Waals surface area (Å²) < 4.78 is 3.58. The fraction of sp³-hybridized carbons (Fsp3) is 0.391. The molecule has 0 bridgehead atoms. The van der Waals surface area contributed by atoms with Crippen molar-refractivity contribution in [3.05, 3.63) is 56.3 Å². The smallest absolute Gasteiger partial charge is 0.278 e. The Kier molecular flexibility index (Phi) is 4.62. The Morgan fingerprint density at radius 2 is 2.09 bits per heavy atom. The minimum Gasteiger partial charge on any atom is -0.324 e. The van der Waals surface area contributed by atoms with Crippen molar-refractivity contribution in [1.82, 2.24) is 29.6 Å². The van der Waals surface area contributed by atoms with Crippen LogP contribution in [0.2, 0.25) is 0 Å². The summed E-state index contributed by atoms with van der Waals surface area (Å²) in [5, 5.41) is 10.4. The lowest BCUT2D eigenvalue weighted by molar-refractivity contribution is 0.472. The molecule has 0 spiro atoms. The number of nitrogens with zero attached hydrogens (tertiary/aromatic N) is 5. The molecule has 32 heavy (non-hydrogen) atoms. The number of hydrogen-bond acceptors (Lipinski definition) is 7. The first-order valence-corrected chi connectivity index (χ1v) is 12.0. The van der Waals surface area contributed by atoms with Crippen molar-refractivity contribution in [3.8, 4) is 5.82 Å². The summed E-state index contributed by atoms with van der Waals surface area (Å²) in [5.74, 6) is 1.79. The van der Waals surface area contributed by atoms with Crippen molar-refractivity contribution in [3.63, 3.8) is 0 Å². The number of anilines is 2. The summed E-state index contributed by atoms with van der Waals surface area (Å²) in [6.45, 7) is 5.88. The van der Waals surface area contributed by atoms with E-state index in [1.165, 1.54) is 24.0 Å². The number of aromatic nitrogens is 5. The molecule has 1 aliphatic heterocycles. The molecule has 3 aromatic heterocycles. The molecule has 0 amide bonds. The maximum absolute atomic E-state index is 13.2. The predicted molar refractivity (Wildman–Crippen MR) is 126 cm³/mol. The number of thiazole rings is 1. The number of nitrogens with one attached hydrogen (secondary N) is 2. The zero-order valence-electron chi connectivity index (χ0n) is 18.1. The molecule has 1 fully saturated rings. The van der Waals surface area contributed by atoms with Crippen LogP contribution in [0.5, 0.6) is 0 Å². The summed E-state index contributed by atoms with van der Waals surface area (Å²) >= 11 is 1.66. The normalized spacial score (nSPS) is 16.0. The third-order valence-electron chi connectivity index (χ3n) is 6.11. The monoisotopic (exact) mass is 447 g/mol. The van der Waals surface area contributed by atoms with Crippen LogP contribution in [0.3, 0.4) is 0 Å². The first-order valence-electron chi connectivity index (χ1n) is 11.1. The van der Waals surface area contributed by atoms with E-state index in [9.17, 15) is 4.79 Å². The lowest BCUT2D eigenvalue weighted by Gasteiger charge is -2.18. The average molecular weight is 448 g/mol. The van der Waals surface area contributed by atoms with Gasteiger partial charge in [0.2, 0.25) is 5.95 Å². The van der Waals surface area contributed by atoms with Gasteiger partial charge in [0.1, 0.15) is 5.39 Å². The van der Waals surface area contributed by atoms with Crippen LogP contribution in [0, 0.1) is 0 Å². The molecule has 0 atom stereocenters. The van der Waals surface area contributed by atoms with Gasteiger partial charge in [-0.15, -0.1) is 11.3 Å². The molecule has 2 aliphatic rings. The Morgan fingerprint density at radius 1 is 1.22 bits per heavy atom. The quantitative estimate of drug-likeness (QED) is 0.483. The SMILES string of the molecule is CC(C)n1c(=O)c2cnc(Nc3ccc4c(c3)CNCC4)nc2n1-c1csc(C2CC2)n1. The van der Waals surface area contributed by atoms with Crippen LogP contribution >= 0.6 is 11.3 Å². The third-order valence-corrected chi connectivity index (χ3v) is 7.11. The molecular weight excluding hydrogens is 422 g/mol. The van der Waals surface area contributed by atoms with Crippen molar-refractivity contribution in [2.24, 2.45) is 0 Å². The lowest BCUT2D eigenvalue weighted by atomic mass is 10.0. The van der Waals surface area contributed by atoms with Gasteiger partial charge in [0.25, 0.3) is 5.56 Å². The molecule has 0 unspecified atom stereocenters. The van der Waals surface area contributed by atoms with Crippen LogP contribution in [0.15, 0.2) is 34.6 Å². The molecule has 1 aromatic carbocycles. The van der Waals surface area contributed by atoms with E-state index in [1.807, 2.05) is 23.9 Å². The van der Waals surface area contributed by atoms with Crippen molar-refractivity contribution < 1.29 is 0 Å². The van der Waals surface area contributed by atoms with Crippen molar-refractivity contribution in [2.45, 2.75) is 51.6 Å². The van der Waals surface area contributed by atoms with E-state index in [2.05, 4.69) is 33.8 Å². The fourth-order valence-electron chi connectivity index (χ4n) is 4.33. The van der Waals surface area contributed by atoms with E-state index in [4.69, 9.17) is 9.97 Å². The van der Waals surface area contributed by atoms with Crippen LogP contribution in [0.25, 0.3) is 16.9 Å². The zero-order chi connectivity index (χ0) is 21.8. The molecule has 2 N–H and O–H groups in total. The predicted octanol–water partition coefficient (Wildman–Crippen LogP) is 3.89. The summed E-state index contributed by atoms with van der Waals surface area (Å²) in [7, 11) is 0. The summed E-state index contributed by atoms with van der Waals surface area (Å²) in [4.78, 5) is 27.2. The molecule has 1 saturated carbocycles. The molecule has 4 aromatic rings. The van der Waals surface area contributed by atoms with Gasteiger partial charge < -0.3 is 10.6 Å². The molecule has 0 radical (unpaired) electrons. The van der Waals surface area contributed by atoms with Gasteiger partial charge in [0, 0.05) is 35.8 Å². The van der Waals surface area contributed by atoms with E-state index in [0.717, 1.165) is 36.0 Å². The second-order valence-corrected chi connectivity index (χ2v) is 9.73. The van der Waals surface area contributed by atoms with Crippen molar-refractivity contribution in [2.75, 3.05) is 11.9 Å². The first-order chi connectivity index (χ1) is 15.6. The van der Waals surface area contributed by atoms with Crippen molar-refractivity contribution >= 4 is 34.0 Å². The fourth-order valence-corrected chi connectivity index (χ4v) is 5.28. The van der Waals surface area contributed by atoms with Gasteiger partial charge in [-0.25, -0.2) is 19.3 Å². The Balaban J connectivity index is 1.44. The van der Waals surface area contributed by atoms with Crippen LogP contribution in [0.4, 0.5) is 11.6 Å². The Morgan fingerprint density at radius 3 is 2.91 bits per heavy atom. The van der Waals surface area contributed by atoms with Gasteiger partial charge in [-0.3, -0.25) is 4.79 Å². The maximum atomic E-state index is 13.2. The highest BCUT2D eigenvalue weighted by molar-refractivity contribution is 7.10. The largest absolute Gasteiger partial charge is 0.324 e. The van der Waals surface area contributed by atoms with E-state index in [-0.39, 0.29) is 11.6 Å². The minimum atomic E-state index is -0.0950. The topological polar surface area (TPSA) is 89.7 Å². The molecular formula is C23H25N7OS. The molecule has 8 nitrogen and oxygen atoms in total. The summed E-state index contributed by atoms with van der Waals surface area (Å²) in [5.41, 5.74) is 4.09. The Hall–Kier alpha value is -3.04. The number of rotatable bonds is 5. The minimum absolute atomic E-state index is 0.0349. The summed E-state index contributed by atoms with van der Waals surface area (Å²) in [6.07, 6.45) is 5.06. The van der Waals surface area contributed by atoms with Gasteiger partial charge >= 0.3 is 0 Å². The van der Waals surface area contributed by atoms with Crippen molar-refractivity contribution in [1.29, 1.82) is 0 Å². The second-order valence-electron chi connectivity index (χ2n) is 8.84. The number of fused-ring (bicyclic) bond motifs is 2. The molecule has 6 rings (SSSR count). The van der Waals surface area contributed by atoms with Crippen LogP contribution in [-0.2, 0) is 13.0 Å². The molecule has 4 heterocycles. The third kappa shape index (κ3) is 3.32. The van der Waals surface area contributed by atoms with Crippen LogP contribution in [-0.4, -0.2) is 30.9 Å². The summed E-state index contributed by atoms with van der Waals surface area (Å²) in [6, 6.07) is 6.33. The van der Waals surface area contributed by atoms with Gasteiger partial charge in [0.05, 0.1) is 5.01 Å². The van der Waals surface area contributed by atoms with Gasteiger partial charge in [-0.1, -0.05) is 6.07 Å². The average Bonchev–Trinajstić information content (AvgIpc) is 3.46. The second kappa shape index (κ2) is 7.53. The number of benzene rings is 1. The molecule has 164 valence electrons. The first kappa shape index (κ1) is 19.6. The standard InChI is InChI=1S/C23H25N7OS/c1-13(2)29-22(31)18-11-25-23(26-17-6-5-14-7-8-24-10-16(14)9-17)28-20(18)30(29)19-12-32-21(27-19)15-3-4-15/h5-6,9,11-13,15,24H,3-4,7-8,10H2,1-2H3,(H,25,26,28). The lowest BCUT2D eigenvalue weighted by Crippen LogP contribution is -2.24. The van der Waals surface area contributed by atoms with Crippen LogP contribution in [0.1, 0.15) is 54.8 Å². The zero-order valence-corrected chi connectivity index (χ0v) is 18.9.